The van der Waals surface area contributed by atoms with Crippen LogP contribution in [0.1, 0.15) is 11.1 Å². The Morgan fingerprint density at radius 3 is 2.88 bits per heavy atom. The van der Waals surface area contributed by atoms with Crippen LogP contribution >= 0.6 is 11.3 Å². The minimum atomic E-state index is -1.02. The number of carboxylic acids is 1. The molecule has 1 aliphatic rings. The molecule has 84 valence electrons. The summed E-state index contributed by atoms with van der Waals surface area (Å²) in [5.74, 6) is -1.32. The van der Waals surface area contributed by atoms with Crippen molar-refractivity contribution in [1.82, 2.24) is 0 Å². The van der Waals surface area contributed by atoms with Gasteiger partial charge in [-0.3, -0.25) is 0 Å². The lowest BCUT2D eigenvalue weighted by Crippen LogP contribution is -1.91. The molecule has 0 aliphatic heterocycles. The lowest BCUT2D eigenvalue weighted by atomic mass is 10.0. The fourth-order valence-corrected chi connectivity index (χ4v) is 3.09. The van der Waals surface area contributed by atoms with Gasteiger partial charge in [-0.25, -0.2) is 9.18 Å². The molecule has 0 fully saturated rings. The van der Waals surface area contributed by atoms with Crippen molar-refractivity contribution in [1.29, 1.82) is 0 Å². The number of benzene rings is 1. The van der Waals surface area contributed by atoms with Crippen LogP contribution in [-0.2, 0) is 4.79 Å². The summed E-state index contributed by atoms with van der Waals surface area (Å²) in [5.41, 5.74) is 2.57. The minimum absolute atomic E-state index is 0.306. The van der Waals surface area contributed by atoms with Crippen molar-refractivity contribution in [3.8, 4) is 10.4 Å². The molecule has 0 spiro atoms. The second-order valence-electron chi connectivity index (χ2n) is 3.72. The standard InChI is InChI=1S/C13H7FO2S/c14-10-3-1-2-7-9(6-11(15)16)8-4-5-17-13(8)12(7)10/h1-6H,(H,15,16)/b9-6+. The Hall–Kier alpha value is -1.94. The van der Waals surface area contributed by atoms with Gasteiger partial charge in [0, 0.05) is 22.1 Å². The van der Waals surface area contributed by atoms with Gasteiger partial charge >= 0.3 is 5.97 Å². The van der Waals surface area contributed by atoms with Crippen LogP contribution in [0.25, 0.3) is 16.0 Å². The van der Waals surface area contributed by atoms with E-state index in [1.165, 1.54) is 17.4 Å². The topological polar surface area (TPSA) is 37.3 Å². The zero-order chi connectivity index (χ0) is 12.0. The van der Waals surface area contributed by atoms with Crippen molar-refractivity contribution in [2.24, 2.45) is 0 Å². The summed E-state index contributed by atoms with van der Waals surface area (Å²) in [6, 6.07) is 6.57. The quantitative estimate of drug-likeness (QED) is 0.668. The molecule has 0 saturated carbocycles. The van der Waals surface area contributed by atoms with Crippen molar-refractivity contribution >= 4 is 22.9 Å². The second kappa shape index (κ2) is 3.53. The van der Waals surface area contributed by atoms with E-state index >= 15 is 0 Å². The molecule has 2 nitrogen and oxygen atoms in total. The summed E-state index contributed by atoms with van der Waals surface area (Å²) in [7, 11) is 0. The van der Waals surface area contributed by atoms with Crippen molar-refractivity contribution in [3.63, 3.8) is 0 Å². The first-order valence-corrected chi connectivity index (χ1v) is 5.88. The molecule has 3 rings (SSSR count). The van der Waals surface area contributed by atoms with Gasteiger partial charge in [-0.15, -0.1) is 11.3 Å². The molecule has 2 aromatic rings. The molecular weight excluding hydrogens is 239 g/mol. The molecule has 1 heterocycles. The summed E-state index contributed by atoms with van der Waals surface area (Å²) in [5, 5.41) is 10.7. The predicted molar refractivity (Wildman–Crippen MR) is 64.4 cm³/mol. The molecular formula is C13H7FO2S. The molecule has 17 heavy (non-hydrogen) atoms. The van der Waals surface area contributed by atoms with Crippen LogP contribution in [0.15, 0.2) is 35.7 Å². The number of halogens is 1. The Bertz CT molecular complexity index is 655. The number of rotatable bonds is 1. The molecule has 1 aromatic heterocycles. The van der Waals surface area contributed by atoms with E-state index < -0.39 is 5.97 Å². The lowest BCUT2D eigenvalue weighted by molar-refractivity contribution is -0.131. The van der Waals surface area contributed by atoms with E-state index in [-0.39, 0.29) is 5.82 Å². The number of carbonyl (C=O) groups is 1. The van der Waals surface area contributed by atoms with Crippen molar-refractivity contribution in [2.45, 2.75) is 0 Å². The maximum atomic E-state index is 13.8. The van der Waals surface area contributed by atoms with Crippen LogP contribution in [0.4, 0.5) is 4.39 Å². The minimum Gasteiger partial charge on any atom is -0.478 e. The lowest BCUT2D eigenvalue weighted by Gasteiger charge is -2.01. The van der Waals surface area contributed by atoms with Crippen LogP contribution in [0, 0.1) is 5.82 Å². The van der Waals surface area contributed by atoms with Crippen LogP contribution in [-0.4, -0.2) is 11.1 Å². The molecule has 1 aromatic carbocycles. The highest BCUT2D eigenvalue weighted by Crippen LogP contribution is 2.48. The average molecular weight is 246 g/mol. The molecule has 0 unspecified atom stereocenters. The fraction of sp³-hybridized carbons (Fsp3) is 0. The first-order valence-electron chi connectivity index (χ1n) is 5.00. The Morgan fingerprint density at radius 2 is 2.12 bits per heavy atom. The van der Waals surface area contributed by atoms with Gasteiger partial charge in [0.25, 0.3) is 0 Å². The van der Waals surface area contributed by atoms with Crippen molar-refractivity contribution < 1.29 is 14.3 Å². The van der Waals surface area contributed by atoms with E-state index in [1.807, 2.05) is 11.4 Å². The third-order valence-electron chi connectivity index (χ3n) is 2.75. The first kappa shape index (κ1) is 10.2. The zero-order valence-electron chi connectivity index (χ0n) is 8.61. The highest BCUT2D eigenvalue weighted by atomic mass is 32.1. The van der Waals surface area contributed by atoms with Gasteiger partial charge in [0.2, 0.25) is 0 Å². The number of fused-ring (bicyclic) bond motifs is 3. The largest absolute Gasteiger partial charge is 0.478 e. The zero-order valence-corrected chi connectivity index (χ0v) is 9.42. The fourth-order valence-electron chi connectivity index (χ4n) is 2.12. The molecule has 0 bridgehead atoms. The van der Waals surface area contributed by atoms with Crippen LogP contribution in [0.5, 0.6) is 0 Å². The number of hydrogen-bond acceptors (Lipinski definition) is 2. The summed E-state index contributed by atoms with van der Waals surface area (Å²) >= 11 is 1.43. The predicted octanol–water partition coefficient (Wildman–Crippen LogP) is 3.38. The van der Waals surface area contributed by atoms with E-state index in [1.54, 1.807) is 12.1 Å². The Morgan fingerprint density at radius 1 is 1.29 bits per heavy atom. The SMILES string of the molecule is O=C(O)/C=C1/c2ccsc2-c2c(F)cccc21. The van der Waals surface area contributed by atoms with Crippen LogP contribution < -0.4 is 0 Å². The van der Waals surface area contributed by atoms with Gasteiger partial charge in [-0.1, -0.05) is 12.1 Å². The van der Waals surface area contributed by atoms with Crippen molar-refractivity contribution in [2.75, 3.05) is 0 Å². The third-order valence-corrected chi connectivity index (χ3v) is 3.69. The van der Waals surface area contributed by atoms with Gasteiger partial charge in [0.1, 0.15) is 5.82 Å². The van der Waals surface area contributed by atoms with E-state index in [9.17, 15) is 9.18 Å². The smallest absolute Gasteiger partial charge is 0.328 e. The maximum Gasteiger partial charge on any atom is 0.328 e. The summed E-state index contributed by atoms with van der Waals surface area (Å²) in [4.78, 5) is 11.6. The molecule has 0 atom stereocenters. The van der Waals surface area contributed by atoms with E-state index in [4.69, 9.17) is 5.11 Å². The van der Waals surface area contributed by atoms with Crippen LogP contribution in [0.2, 0.25) is 0 Å². The van der Waals surface area contributed by atoms with Crippen molar-refractivity contribution in [3.05, 3.63) is 52.7 Å². The molecule has 4 heteroatoms. The molecule has 1 aliphatic carbocycles. The summed E-state index contributed by atoms with van der Waals surface area (Å²) < 4.78 is 13.8. The second-order valence-corrected chi connectivity index (χ2v) is 4.64. The summed E-state index contributed by atoms with van der Waals surface area (Å²) in [6.45, 7) is 0. The van der Waals surface area contributed by atoms with Gasteiger partial charge in [0.05, 0.1) is 0 Å². The Kier molecular flexibility index (Phi) is 2.12. The van der Waals surface area contributed by atoms with Gasteiger partial charge in [0.15, 0.2) is 0 Å². The van der Waals surface area contributed by atoms with Gasteiger partial charge in [-0.2, -0.15) is 0 Å². The molecule has 0 amide bonds. The molecule has 1 N–H and O–H groups in total. The number of thiophene rings is 1. The number of carboxylic acid groups (broad SMARTS) is 1. The van der Waals surface area contributed by atoms with Gasteiger partial charge < -0.3 is 5.11 Å². The van der Waals surface area contributed by atoms with E-state index in [0.29, 0.717) is 16.7 Å². The number of hydrogen-bond donors (Lipinski definition) is 1. The van der Waals surface area contributed by atoms with Gasteiger partial charge in [-0.05, 0) is 28.6 Å². The average Bonchev–Trinajstić information content (AvgIpc) is 2.82. The third kappa shape index (κ3) is 1.41. The van der Waals surface area contributed by atoms with Crippen LogP contribution in [0.3, 0.4) is 0 Å². The molecule has 0 radical (unpaired) electrons. The maximum absolute atomic E-state index is 13.8. The normalized spacial score (nSPS) is 14.8. The monoisotopic (exact) mass is 246 g/mol. The Labute approximate surface area is 101 Å². The number of aliphatic carboxylic acids is 1. The van der Waals surface area contributed by atoms with E-state index in [2.05, 4.69) is 0 Å². The molecule has 0 saturated heterocycles. The Balaban J connectivity index is 2.37. The first-order chi connectivity index (χ1) is 8.18. The van der Waals surface area contributed by atoms with E-state index in [0.717, 1.165) is 16.5 Å². The highest BCUT2D eigenvalue weighted by Gasteiger charge is 2.27. The highest BCUT2D eigenvalue weighted by molar-refractivity contribution is 7.14. The summed E-state index contributed by atoms with van der Waals surface area (Å²) in [6.07, 6.45) is 1.14.